The van der Waals surface area contributed by atoms with Crippen LogP contribution in [0.1, 0.15) is 27.2 Å². The number of rotatable bonds is 5. The van der Waals surface area contributed by atoms with E-state index in [1.165, 1.54) is 0 Å². The Morgan fingerprint density at radius 2 is 2.00 bits per heavy atom. The van der Waals surface area contributed by atoms with Crippen LogP contribution in [-0.4, -0.2) is 25.4 Å². The fraction of sp³-hybridized carbons (Fsp3) is 1.00. The zero-order valence-electron chi connectivity index (χ0n) is 7.81. The van der Waals surface area contributed by atoms with Crippen molar-refractivity contribution in [3.8, 4) is 0 Å². The first kappa shape index (κ1) is 10.9. The van der Waals surface area contributed by atoms with Gasteiger partial charge >= 0.3 is 0 Å². The molecule has 0 rings (SSSR count). The van der Waals surface area contributed by atoms with E-state index in [2.05, 4.69) is 5.32 Å². The summed E-state index contributed by atoms with van der Waals surface area (Å²) in [4.78, 5) is 0. The maximum atomic E-state index is 5.42. The summed E-state index contributed by atoms with van der Waals surface area (Å²) in [6.07, 6.45) is 1.01. The van der Waals surface area contributed by atoms with Gasteiger partial charge in [0.05, 0.1) is 12.3 Å². The quantitative estimate of drug-likeness (QED) is 0.459. The van der Waals surface area contributed by atoms with Crippen LogP contribution in [0.25, 0.3) is 0 Å². The van der Waals surface area contributed by atoms with Gasteiger partial charge in [-0.2, -0.15) is 0 Å². The molecule has 0 fully saturated rings. The van der Waals surface area contributed by atoms with Gasteiger partial charge in [-0.1, -0.05) is 0 Å². The molecule has 3 nitrogen and oxygen atoms in total. The van der Waals surface area contributed by atoms with Crippen molar-refractivity contribution in [2.45, 2.75) is 32.8 Å². The number of ether oxygens (including phenoxy) is 1. The van der Waals surface area contributed by atoms with Crippen molar-refractivity contribution in [2.75, 3.05) is 19.8 Å². The Morgan fingerprint density at radius 3 is 2.45 bits per heavy atom. The summed E-state index contributed by atoms with van der Waals surface area (Å²) in [5, 5.41) is 3.14. The second-order valence-corrected chi connectivity index (χ2v) is 3.54. The molecule has 68 valence electrons. The molecule has 3 N–H and O–H groups in total. The minimum absolute atomic E-state index is 0.0459. The lowest BCUT2D eigenvalue weighted by Crippen LogP contribution is -2.28. The number of hydrogen-bond donors (Lipinski definition) is 2. The summed E-state index contributed by atoms with van der Waals surface area (Å²) in [6.45, 7) is 8.41. The smallest absolute Gasteiger partial charge is 0.0972 e. The standard InChI is InChI=1S/C8H20N2O/c1-8(2,3)11-7-10-6-4-5-9/h10H,4-7,9H2,1-3H3. The van der Waals surface area contributed by atoms with Gasteiger partial charge in [-0.25, -0.2) is 0 Å². The number of hydrogen-bond acceptors (Lipinski definition) is 3. The molecule has 0 saturated carbocycles. The van der Waals surface area contributed by atoms with Crippen LogP contribution in [0.2, 0.25) is 0 Å². The lowest BCUT2D eigenvalue weighted by molar-refractivity contribution is -0.0130. The van der Waals surface area contributed by atoms with Gasteiger partial charge < -0.3 is 10.5 Å². The average molecular weight is 160 g/mol. The van der Waals surface area contributed by atoms with Gasteiger partial charge in [-0.3, -0.25) is 5.32 Å². The highest BCUT2D eigenvalue weighted by Gasteiger charge is 2.08. The first-order chi connectivity index (χ1) is 5.06. The zero-order valence-corrected chi connectivity index (χ0v) is 7.81. The third-order valence-corrected chi connectivity index (χ3v) is 1.16. The maximum Gasteiger partial charge on any atom is 0.0972 e. The second-order valence-electron chi connectivity index (χ2n) is 3.54. The first-order valence-electron chi connectivity index (χ1n) is 4.11. The molecule has 0 spiro atoms. The Hall–Kier alpha value is -0.120. The third-order valence-electron chi connectivity index (χ3n) is 1.16. The van der Waals surface area contributed by atoms with Gasteiger partial charge in [0.25, 0.3) is 0 Å². The summed E-state index contributed by atoms with van der Waals surface area (Å²) >= 11 is 0. The van der Waals surface area contributed by atoms with E-state index in [1.54, 1.807) is 0 Å². The van der Waals surface area contributed by atoms with Crippen LogP contribution in [0.15, 0.2) is 0 Å². The van der Waals surface area contributed by atoms with E-state index in [0.717, 1.165) is 19.5 Å². The van der Waals surface area contributed by atoms with Crippen molar-refractivity contribution in [1.82, 2.24) is 5.32 Å². The molecule has 0 heterocycles. The van der Waals surface area contributed by atoms with Gasteiger partial charge in [-0.15, -0.1) is 0 Å². The molecular formula is C8H20N2O. The highest BCUT2D eigenvalue weighted by Crippen LogP contribution is 2.04. The van der Waals surface area contributed by atoms with Crippen LogP contribution in [-0.2, 0) is 4.74 Å². The first-order valence-corrected chi connectivity index (χ1v) is 4.11. The SMILES string of the molecule is CC(C)(C)OCNCCCN. The second kappa shape index (κ2) is 5.52. The molecule has 0 amide bonds. The Morgan fingerprint density at radius 1 is 1.36 bits per heavy atom. The molecule has 0 aliphatic carbocycles. The van der Waals surface area contributed by atoms with E-state index < -0.39 is 0 Å². The van der Waals surface area contributed by atoms with E-state index >= 15 is 0 Å². The fourth-order valence-electron chi connectivity index (χ4n) is 0.567. The van der Waals surface area contributed by atoms with Crippen LogP contribution in [0, 0.1) is 0 Å². The summed E-state index contributed by atoms with van der Waals surface area (Å²) < 4.78 is 5.42. The monoisotopic (exact) mass is 160 g/mol. The van der Waals surface area contributed by atoms with Crippen molar-refractivity contribution in [3.05, 3.63) is 0 Å². The topological polar surface area (TPSA) is 47.3 Å². The van der Waals surface area contributed by atoms with Crippen molar-refractivity contribution in [2.24, 2.45) is 5.73 Å². The molecule has 0 unspecified atom stereocenters. The molecule has 0 aliphatic heterocycles. The predicted molar refractivity (Wildman–Crippen MR) is 47.4 cm³/mol. The highest BCUT2D eigenvalue weighted by atomic mass is 16.5. The van der Waals surface area contributed by atoms with Crippen LogP contribution in [0.5, 0.6) is 0 Å². The van der Waals surface area contributed by atoms with Gasteiger partial charge in [0.2, 0.25) is 0 Å². The van der Waals surface area contributed by atoms with Crippen molar-refractivity contribution >= 4 is 0 Å². The summed E-state index contributed by atoms with van der Waals surface area (Å²) in [6, 6.07) is 0. The Bertz CT molecular complexity index is 88.6. The lowest BCUT2D eigenvalue weighted by Gasteiger charge is -2.19. The number of nitrogens with one attached hydrogen (secondary N) is 1. The van der Waals surface area contributed by atoms with Crippen LogP contribution >= 0.6 is 0 Å². The molecule has 0 aromatic carbocycles. The molecular weight excluding hydrogens is 140 g/mol. The molecule has 0 atom stereocenters. The summed E-state index contributed by atoms with van der Waals surface area (Å²) in [5.41, 5.74) is 5.27. The molecule has 0 radical (unpaired) electrons. The van der Waals surface area contributed by atoms with Gasteiger partial charge in [0, 0.05) is 0 Å². The van der Waals surface area contributed by atoms with Crippen molar-refractivity contribution < 1.29 is 4.74 Å². The minimum atomic E-state index is -0.0459. The maximum absolute atomic E-state index is 5.42. The predicted octanol–water partition coefficient (Wildman–Crippen LogP) is 0.697. The highest BCUT2D eigenvalue weighted by molar-refractivity contribution is 4.57. The zero-order chi connectivity index (χ0) is 8.74. The van der Waals surface area contributed by atoms with Gasteiger partial charge in [-0.05, 0) is 40.3 Å². The molecule has 0 saturated heterocycles. The van der Waals surface area contributed by atoms with Crippen LogP contribution in [0.3, 0.4) is 0 Å². The minimum Gasteiger partial charge on any atom is -0.361 e. The summed E-state index contributed by atoms with van der Waals surface area (Å²) in [5.74, 6) is 0. The number of nitrogens with two attached hydrogens (primary N) is 1. The molecule has 11 heavy (non-hydrogen) atoms. The van der Waals surface area contributed by atoms with E-state index in [-0.39, 0.29) is 5.60 Å². The van der Waals surface area contributed by atoms with E-state index in [0.29, 0.717) is 6.73 Å². The Labute approximate surface area is 69.3 Å². The van der Waals surface area contributed by atoms with Gasteiger partial charge in [0.15, 0.2) is 0 Å². The van der Waals surface area contributed by atoms with E-state index in [1.807, 2.05) is 20.8 Å². The molecule has 0 aromatic rings. The lowest BCUT2D eigenvalue weighted by atomic mass is 10.2. The average Bonchev–Trinajstić information content (AvgIpc) is 1.85. The van der Waals surface area contributed by atoms with E-state index in [4.69, 9.17) is 10.5 Å². The van der Waals surface area contributed by atoms with E-state index in [9.17, 15) is 0 Å². The van der Waals surface area contributed by atoms with Gasteiger partial charge in [0.1, 0.15) is 0 Å². The van der Waals surface area contributed by atoms with Crippen molar-refractivity contribution in [1.29, 1.82) is 0 Å². The van der Waals surface area contributed by atoms with Crippen LogP contribution < -0.4 is 11.1 Å². The molecule has 0 aliphatic rings. The largest absolute Gasteiger partial charge is 0.361 e. The third kappa shape index (κ3) is 9.88. The van der Waals surface area contributed by atoms with Crippen molar-refractivity contribution in [3.63, 3.8) is 0 Å². The molecule has 3 heteroatoms. The normalized spacial score (nSPS) is 12.0. The van der Waals surface area contributed by atoms with Crippen LogP contribution in [0.4, 0.5) is 0 Å². The summed E-state index contributed by atoms with van der Waals surface area (Å²) in [7, 11) is 0. The molecule has 0 bridgehead atoms. The Balaban J connectivity index is 3.02. The Kier molecular flexibility index (Phi) is 5.46. The fourth-order valence-corrected chi connectivity index (χ4v) is 0.567. The molecule has 0 aromatic heterocycles.